The highest BCUT2D eigenvalue weighted by molar-refractivity contribution is 7.89. The molecule has 0 amide bonds. The van der Waals surface area contributed by atoms with E-state index in [-0.39, 0.29) is 11.7 Å². The average Bonchev–Trinajstić information content (AvgIpc) is 2.17. The fourth-order valence-corrected chi connectivity index (χ4v) is 2.40. The van der Waals surface area contributed by atoms with Gasteiger partial charge in [-0.15, -0.1) is 6.58 Å². The molecule has 2 N–H and O–H groups in total. The van der Waals surface area contributed by atoms with Gasteiger partial charge in [0.2, 0.25) is 10.0 Å². The minimum atomic E-state index is -3.44. The number of rotatable bonds is 5. The molecule has 4 heteroatoms. The van der Waals surface area contributed by atoms with Crippen molar-refractivity contribution in [3.05, 3.63) is 48.6 Å². The van der Waals surface area contributed by atoms with Crippen molar-refractivity contribution in [3.63, 3.8) is 0 Å². The third kappa shape index (κ3) is 4.27. The fourth-order valence-electron chi connectivity index (χ4n) is 1.51. The van der Waals surface area contributed by atoms with Crippen LogP contribution < -0.4 is 5.14 Å². The average molecular weight is 225 g/mol. The molecule has 82 valence electrons. The van der Waals surface area contributed by atoms with Gasteiger partial charge < -0.3 is 0 Å². The van der Waals surface area contributed by atoms with Gasteiger partial charge in [0.25, 0.3) is 0 Å². The first-order valence-corrected chi connectivity index (χ1v) is 6.41. The lowest BCUT2D eigenvalue weighted by atomic mass is 9.98. The van der Waals surface area contributed by atoms with Crippen LogP contribution in [0.5, 0.6) is 0 Å². The van der Waals surface area contributed by atoms with Gasteiger partial charge in [-0.05, 0) is 12.0 Å². The Labute approximate surface area is 90.7 Å². The summed E-state index contributed by atoms with van der Waals surface area (Å²) in [6.45, 7) is 3.62. The van der Waals surface area contributed by atoms with Crippen LogP contribution in [0.25, 0.3) is 0 Å². The molecule has 1 rings (SSSR count). The molecule has 0 spiro atoms. The van der Waals surface area contributed by atoms with Gasteiger partial charge in [0.1, 0.15) is 0 Å². The number of sulfonamides is 1. The van der Waals surface area contributed by atoms with Crippen molar-refractivity contribution >= 4 is 10.0 Å². The molecule has 0 saturated carbocycles. The lowest BCUT2D eigenvalue weighted by Gasteiger charge is -2.13. The predicted molar refractivity (Wildman–Crippen MR) is 62.0 cm³/mol. The van der Waals surface area contributed by atoms with E-state index in [1.54, 1.807) is 6.08 Å². The Hall–Kier alpha value is -1.13. The van der Waals surface area contributed by atoms with E-state index in [1.165, 1.54) is 0 Å². The monoisotopic (exact) mass is 225 g/mol. The van der Waals surface area contributed by atoms with Gasteiger partial charge in [-0.2, -0.15) is 0 Å². The standard InChI is InChI=1S/C11H15NO2S/c1-2-6-11(9-15(12,13)14)10-7-4-3-5-8-10/h2-5,7-8,11H,1,6,9H2,(H2,12,13,14)/t11-/m1/s1. The number of benzene rings is 1. The molecule has 0 aliphatic heterocycles. The molecule has 3 nitrogen and oxygen atoms in total. The van der Waals surface area contributed by atoms with Gasteiger partial charge in [-0.25, -0.2) is 13.6 Å². The van der Waals surface area contributed by atoms with Crippen LogP contribution in [0.15, 0.2) is 43.0 Å². The Morgan fingerprint density at radius 3 is 2.40 bits per heavy atom. The molecule has 0 aromatic heterocycles. The third-order valence-electron chi connectivity index (χ3n) is 2.16. The van der Waals surface area contributed by atoms with Crippen molar-refractivity contribution in [2.75, 3.05) is 5.75 Å². The Bertz CT molecular complexity index is 411. The van der Waals surface area contributed by atoms with Crippen molar-refractivity contribution < 1.29 is 8.42 Å². The minimum absolute atomic E-state index is 0.0387. The van der Waals surface area contributed by atoms with Crippen LogP contribution in [0.2, 0.25) is 0 Å². The summed E-state index contributed by atoms with van der Waals surface area (Å²) >= 11 is 0. The van der Waals surface area contributed by atoms with Crippen LogP contribution >= 0.6 is 0 Å². The second-order valence-corrected chi connectivity index (χ2v) is 5.12. The van der Waals surface area contributed by atoms with E-state index >= 15 is 0 Å². The lowest BCUT2D eigenvalue weighted by molar-refractivity contribution is 0.589. The maximum atomic E-state index is 11.0. The van der Waals surface area contributed by atoms with E-state index in [1.807, 2.05) is 30.3 Å². The van der Waals surface area contributed by atoms with Crippen molar-refractivity contribution in [1.29, 1.82) is 0 Å². The summed E-state index contributed by atoms with van der Waals surface area (Å²) in [5.41, 5.74) is 0.978. The lowest BCUT2D eigenvalue weighted by Crippen LogP contribution is -2.21. The highest BCUT2D eigenvalue weighted by Gasteiger charge is 2.16. The molecule has 0 unspecified atom stereocenters. The highest BCUT2D eigenvalue weighted by Crippen LogP contribution is 2.20. The largest absolute Gasteiger partial charge is 0.229 e. The zero-order valence-corrected chi connectivity index (χ0v) is 9.28. The molecular formula is C11H15NO2S. The molecule has 0 bridgehead atoms. The molecule has 0 fully saturated rings. The summed E-state index contributed by atoms with van der Waals surface area (Å²) in [7, 11) is -3.44. The maximum Gasteiger partial charge on any atom is 0.209 e. The Morgan fingerprint density at radius 2 is 1.93 bits per heavy atom. The summed E-state index contributed by atoms with van der Waals surface area (Å²) in [5, 5.41) is 5.04. The normalized spacial score (nSPS) is 13.4. The first-order valence-electron chi connectivity index (χ1n) is 4.69. The van der Waals surface area contributed by atoms with Gasteiger partial charge in [-0.3, -0.25) is 0 Å². The first kappa shape index (κ1) is 11.9. The van der Waals surface area contributed by atoms with Crippen molar-refractivity contribution in [2.24, 2.45) is 5.14 Å². The number of allylic oxidation sites excluding steroid dienone is 1. The van der Waals surface area contributed by atoms with Crippen molar-refractivity contribution in [1.82, 2.24) is 0 Å². The van der Waals surface area contributed by atoms with E-state index in [4.69, 9.17) is 5.14 Å². The Balaban J connectivity index is 2.88. The van der Waals surface area contributed by atoms with E-state index in [9.17, 15) is 8.42 Å². The number of nitrogens with two attached hydrogens (primary N) is 1. The van der Waals surface area contributed by atoms with Crippen LogP contribution in [0, 0.1) is 0 Å². The second kappa shape index (κ2) is 5.09. The van der Waals surface area contributed by atoms with Gasteiger partial charge in [0.15, 0.2) is 0 Å². The molecule has 1 aromatic rings. The minimum Gasteiger partial charge on any atom is -0.229 e. The van der Waals surface area contributed by atoms with Crippen molar-refractivity contribution in [2.45, 2.75) is 12.3 Å². The van der Waals surface area contributed by atoms with Crippen molar-refractivity contribution in [3.8, 4) is 0 Å². The second-order valence-electron chi connectivity index (χ2n) is 3.46. The van der Waals surface area contributed by atoms with Gasteiger partial charge in [0.05, 0.1) is 5.75 Å². The van der Waals surface area contributed by atoms with E-state index in [2.05, 4.69) is 6.58 Å². The first-order chi connectivity index (χ1) is 7.03. The van der Waals surface area contributed by atoms with Crippen LogP contribution in [-0.2, 0) is 10.0 Å². The van der Waals surface area contributed by atoms with E-state index in [0.717, 1.165) is 5.56 Å². The molecule has 1 aromatic carbocycles. The molecule has 0 saturated heterocycles. The van der Waals surface area contributed by atoms with Crippen LogP contribution in [-0.4, -0.2) is 14.2 Å². The third-order valence-corrected chi connectivity index (χ3v) is 3.02. The van der Waals surface area contributed by atoms with E-state index in [0.29, 0.717) is 6.42 Å². The molecule has 15 heavy (non-hydrogen) atoms. The molecular weight excluding hydrogens is 210 g/mol. The summed E-state index contributed by atoms with van der Waals surface area (Å²) in [4.78, 5) is 0. The quantitative estimate of drug-likeness (QED) is 0.774. The Kier molecular flexibility index (Phi) is 4.05. The smallest absolute Gasteiger partial charge is 0.209 e. The van der Waals surface area contributed by atoms with Crippen LogP contribution in [0.3, 0.4) is 0 Å². The van der Waals surface area contributed by atoms with Crippen LogP contribution in [0.4, 0.5) is 0 Å². The van der Waals surface area contributed by atoms with Gasteiger partial charge in [0, 0.05) is 5.92 Å². The number of hydrogen-bond acceptors (Lipinski definition) is 2. The van der Waals surface area contributed by atoms with Gasteiger partial charge >= 0.3 is 0 Å². The number of hydrogen-bond donors (Lipinski definition) is 1. The molecule has 0 aliphatic carbocycles. The fraction of sp³-hybridized carbons (Fsp3) is 0.273. The molecule has 0 heterocycles. The molecule has 0 radical (unpaired) electrons. The molecule has 0 aliphatic rings. The maximum absolute atomic E-state index is 11.0. The summed E-state index contributed by atoms with van der Waals surface area (Å²) in [6, 6.07) is 9.47. The predicted octanol–water partition coefficient (Wildman–Crippen LogP) is 1.63. The summed E-state index contributed by atoms with van der Waals surface area (Å²) in [6.07, 6.45) is 2.32. The molecule has 1 atom stereocenters. The van der Waals surface area contributed by atoms with Crippen LogP contribution in [0.1, 0.15) is 17.9 Å². The summed E-state index contributed by atoms with van der Waals surface area (Å²) < 4.78 is 22.1. The SMILES string of the molecule is C=CC[C@H](CS(N)(=O)=O)c1ccccc1. The Morgan fingerprint density at radius 1 is 1.33 bits per heavy atom. The van der Waals surface area contributed by atoms with E-state index < -0.39 is 10.0 Å². The summed E-state index contributed by atoms with van der Waals surface area (Å²) in [5.74, 6) is -0.137. The highest BCUT2D eigenvalue weighted by atomic mass is 32.2. The number of primary sulfonamides is 1. The zero-order chi connectivity index (χ0) is 11.3. The van der Waals surface area contributed by atoms with Gasteiger partial charge in [-0.1, -0.05) is 36.4 Å². The topological polar surface area (TPSA) is 60.2 Å². The zero-order valence-electron chi connectivity index (χ0n) is 8.46.